The SMILES string of the molecule is O=C(c1cccc2cnccc12)N1CCC[C@@H]2[C@H]1CCN2c1ncnc2[nH]ccc12. The van der Waals surface area contributed by atoms with Gasteiger partial charge in [0.15, 0.2) is 0 Å². The lowest BCUT2D eigenvalue weighted by molar-refractivity contribution is 0.0610. The normalized spacial score (nSPS) is 21.3. The van der Waals surface area contributed by atoms with Crippen LogP contribution in [0.15, 0.2) is 55.2 Å². The summed E-state index contributed by atoms with van der Waals surface area (Å²) in [5, 5.41) is 3.02. The predicted molar refractivity (Wildman–Crippen MR) is 115 cm³/mol. The Morgan fingerprint density at radius 1 is 1.03 bits per heavy atom. The van der Waals surface area contributed by atoms with Crippen LogP contribution in [0.25, 0.3) is 21.8 Å². The molecule has 1 aromatic carbocycles. The van der Waals surface area contributed by atoms with Crippen molar-refractivity contribution in [1.29, 1.82) is 0 Å². The van der Waals surface area contributed by atoms with Crippen LogP contribution in [0, 0.1) is 0 Å². The summed E-state index contributed by atoms with van der Waals surface area (Å²) in [4.78, 5) is 34.4. The van der Waals surface area contributed by atoms with Crippen LogP contribution in [0.1, 0.15) is 29.6 Å². The first-order chi connectivity index (χ1) is 14.8. The molecule has 7 nitrogen and oxygen atoms in total. The summed E-state index contributed by atoms with van der Waals surface area (Å²) in [5.41, 5.74) is 1.63. The van der Waals surface area contributed by atoms with Crippen LogP contribution in [0.4, 0.5) is 5.82 Å². The van der Waals surface area contributed by atoms with Crippen LogP contribution in [-0.4, -0.2) is 55.9 Å². The highest BCUT2D eigenvalue weighted by atomic mass is 16.2. The number of hydrogen-bond acceptors (Lipinski definition) is 5. The summed E-state index contributed by atoms with van der Waals surface area (Å²) >= 11 is 0. The van der Waals surface area contributed by atoms with Crippen molar-refractivity contribution in [2.45, 2.75) is 31.3 Å². The van der Waals surface area contributed by atoms with Gasteiger partial charge in [0, 0.05) is 42.6 Å². The van der Waals surface area contributed by atoms with E-state index >= 15 is 0 Å². The number of nitrogens with zero attached hydrogens (tertiary/aromatic N) is 5. The molecule has 4 aromatic rings. The van der Waals surface area contributed by atoms with Crippen LogP contribution in [-0.2, 0) is 0 Å². The van der Waals surface area contributed by atoms with E-state index in [1.807, 2.05) is 42.7 Å². The summed E-state index contributed by atoms with van der Waals surface area (Å²) < 4.78 is 0. The van der Waals surface area contributed by atoms with Gasteiger partial charge in [-0.05, 0) is 42.8 Å². The Kier molecular flexibility index (Phi) is 3.94. The molecule has 0 unspecified atom stereocenters. The van der Waals surface area contributed by atoms with Gasteiger partial charge in [-0.1, -0.05) is 12.1 Å². The molecule has 3 aromatic heterocycles. The maximum Gasteiger partial charge on any atom is 0.254 e. The highest BCUT2D eigenvalue weighted by Gasteiger charge is 2.43. The number of H-pyrrole nitrogens is 1. The number of likely N-dealkylation sites (tertiary alicyclic amines) is 1. The van der Waals surface area contributed by atoms with Crippen LogP contribution in [0.3, 0.4) is 0 Å². The van der Waals surface area contributed by atoms with Gasteiger partial charge >= 0.3 is 0 Å². The Hall–Kier alpha value is -3.48. The Morgan fingerprint density at radius 3 is 2.97 bits per heavy atom. The third-order valence-corrected chi connectivity index (χ3v) is 6.59. The molecule has 2 fully saturated rings. The van der Waals surface area contributed by atoms with E-state index in [1.54, 1.807) is 12.5 Å². The van der Waals surface area contributed by atoms with E-state index < -0.39 is 0 Å². The lowest BCUT2D eigenvalue weighted by Gasteiger charge is -2.40. The standard InChI is InChI=1S/C23H22N6O/c30-23(17-4-1-3-15-13-24-9-6-16(15)17)29-11-2-5-19-20(29)8-12-28(19)22-18-7-10-25-21(18)26-14-27-22/h1,3-4,6-7,9-10,13-14,19-20H,2,5,8,11-12H2,(H,25,26,27)/t19-,20-/m1/s1. The number of rotatable bonds is 2. The number of aromatic amines is 1. The van der Waals surface area contributed by atoms with Gasteiger partial charge in [0.25, 0.3) is 5.91 Å². The fourth-order valence-electron chi connectivity index (χ4n) is 5.25. The Balaban J connectivity index is 1.35. The van der Waals surface area contributed by atoms with Crippen molar-refractivity contribution >= 4 is 33.5 Å². The molecule has 6 rings (SSSR count). The van der Waals surface area contributed by atoms with Crippen molar-refractivity contribution < 1.29 is 4.79 Å². The molecule has 0 radical (unpaired) electrons. The Bertz CT molecular complexity index is 1250. The number of benzene rings is 1. The molecule has 150 valence electrons. The minimum atomic E-state index is 0.123. The van der Waals surface area contributed by atoms with Crippen molar-refractivity contribution in [3.05, 3.63) is 60.8 Å². The van der Waals surface area contributed by atoms with E-state index in [4.69, 9.17) is 0 Å². The minimum absolute atomic E-state index is 0.123. The monoisotopic (exact) mass is 398 g/mol. The molecule has 0 spiro atoms. The van der Waals surface area contributed by atoms with Gasteiger partial charge in [-0.2, -0.15) is 0 Å². The number of piperidine rings is 1. The topological polar surface area (TPSA) is 78.0 Å². The fraction of sp³-hybridized carbons (Fsp3) is 0.304. The number of amides is 1. The number of anilines is 1. The molecule has 0 aliphatic carbocycles. The molecular formula is C23H22N6O. The Morgan fingerprint density at radius 2 is 2.00 bits per heavy atom. The largest absolute Gasteiger partial charge is 0.351 e. The van der Waals surface area contributed by atoms with Crippen molar-refractivity contribution in [2.24, 2.45) is 0 Å². The van der Waals surface area contributed by atoms with Gasteiger partial charge in [-0.3, -0.25) is 9.78 Å². The molecule has 2 aliphatic heterocycles. The van der Waals surface area contributed by atoms with E-state index in [-0.39, 0.29) is 18.0 Å². The number of nitrogens with one attached hydrogen (secondary N) is 1. The quantitative estimate of drug-likeness (QED) is 0.560. The van der Waals surface area contributed by atoms with Gasteiger partial charge in [0.2, 0.25) is 0 Å². The summed E-state index contributed by atoms with van der Waals surface area (Å²) in [7, 11) is 0. The zero-order valence-electron chi connectivity index (χ0n) is 16.5. The maximum absolute atomic E-state index is 13.6. The number of fused-ring (bicyclic) bond motifs is 3. The molecule has 1 N–H and O–H groups in total. The van der Waals surface area contributed by atoms with Crippen molar-refractivity contribution in [1.82, 2.24) is 24.8 Å². The third kappa shape index (κ3) is 2.58. The average Bonchev–Trinajstić information content (AvgIpc) is 3.45. The van der Waals surface area contributed by atoms with Crippen LogP contribution >= 0.6 is 0 Å². The van der Waals surface area contributed by atoms with E-state index in [2.05, 4.69) is 29.7 Å². The second-order valence-corrected chi connectivity index (χ2v) is 8.10. The van der Waals surface area contributed by atoms with Crippen LogP contribution < -0.4 is 4.90 Å². The number of hydrogen-bond donors (Lipinski definition) is 1. The highest BCUT2D eigenvalue weighted by molar-refractivity contribution is 6.07. The first kappa shape index (κ1) is 17.4. The highest BCUT2D eigenvalue weighted by Crippen LogP contribution is 2.37. The van der Waals surface area contributed by atoms with Crippen LogP contribution in [0.5, 0.6) is 0 Å². The van der Waals surface area contributed by atoms with Crippen LogP contribution in [0.2, 0.25) is 0 Å². The molecule has 1 amide bonds. The molecule has 2 aliphatic rings. The molecule has 0 saturated carbocycles. The summed E-state index contributed by atoms with van der Waals surface area (Å²) in [6, 6.07) is 10.4. The second-order valence-electron chi connectivity index (χ2n) is 8.10. The lowest BCUT2D eigenvalue weighted by atomic mass is 9.95. The van der Waals surface area contributed by atoms with Gasteiger partial charge < -0.3 is 14.8 Å². The molecule has 30 heavy (non-hydrogen) atoms. The zero-order chi connectivity index (χ0) is 20.1. The minimum Gasteiger partial charge on any atom is -0.351 e. The predicted octanol–water partition coefficient (Wildman–Crippen LogP) is 3.39. The van der Waals surface area contributed by atoms with Crippen molar-refractivity contribution in [3.63, 3.8) is 0 Å². The molecule has 7 heteroatoms. The van der Waals surface area contributed by atoms with E-state index in [0.29, 0.717) is 0 Å². The van der Waals surface area contributed by atoms with Crippen molar-refractivity contribution in [2.75, 3.05) is 18.0 Å². The Labute approximate surface area is 173 Å². The number of aromatic nitrogens is 4. The van der Waals surface area contributed by atoms with Gasteiger partial charge in [0.1, 0.15) is 17.8 Å². The second kappa shape index (κ2) is 6.79. The average molecular weight is 398 g/mol. The van der Waals surface area contributed by atoms with E-state index in [1.165, 1.54) is 0 Å². The molecule has 0 bridgehead atoms. The number of carbonyl (C=O) groups excluding carboxylic acids is 1. The van der Waals surface area contributed by atoms with E-state index in [9.17, 15) is 4.79 Å². The number of pyridine rings is 1. The van der Waals surface area contributed by atoms with Crippen molar-refractivity contribution in [3.8, 4) is 0 Å². The summed E-state index contributed by atoms with van der Waals surface area (Å²) in [6.07, 6.45) is 10.1. The zero-order valence-corrected chi connectivity index (χ0v) is 16.5. The summed E-state index contributed by atoms with van der Waals surface area (Å²) in [5.74, 6) is 1.09. The van der Waals surface area contributed by atoms with E-state index in [0.717, 1.165) is 65.5 Å². The maximum atomic E-state index is 13.6. The smallest absolute Gasteiger partial charge is 0.254 e. The van der Waals surface area contributed by atoms with Gasteiger partial charge in [-0.15, -0.1) is 0 Å². The lowest BCUT2D eigenvalue weighted by Crippen LogP contribution is -2.52. The first-order valence-corrected chi connectivity index (χ1v) is 10.5. The molecule has 2 atom stereocenters. The molecule has 5 heterocycles. The molecule has 2 saturated heterocycles. The molecular weight excluding hydrogens is 376 g/mol. The third-order valence-electron chi connectivity index (χ3n) is 6.59. The first-order valence-electron chi connectivity index (χ1n) is 10.5. The number of carbonyl (C=O) groups is 1. The van der Waals surface area contributed by atoms with Gasteiger partial charge in [0.05, 0.1) is 17.5 Å². The summed E-state index contributed by atoms with van der Waals surface area (Å²) in [6.45, 7) is 1.70. The van der Waals surface area contributed by atoms with Gasteiger partial charge in [-0.25, -0.2) is 9.97 Å². The fourth-order valence-corrected chi connectivity index (χ4v) is 5.25.